The predicted octanol–water partition coefficient (Wildman–Crippen LogP) is 12.9. The molecule has 0 rings (SSSR count). The summed E-state index contributed by atoms with van der Waals surface area (Å²) in [6.45, 7) is 4.58. The van der Waals surface area contributed by atoms with Crippen LogP contribution in [0.4, 0.5) is 0 Å². The summed E-state index contributed by atoms with van der Waals surface area (Å²) in [6.07, 6.45) is 50.3. The second-order valence-corrected chi connectivity index (χ2v) is 18.0. The number of carboxylic acid groups (broad SMARTS) is 1. The minimum atomic E-state index is -1.12. The SMILES string of the molecule is CC/C=C/C/C=C/C/C=C/CCCCCCCCCCCCCCCC(=O)OCC(COCCC(C(=O)[O-])[N+](C)(C)C)OC(=O)CCCCCCCCCCCCCCC. The molecule has 0 spiro atoms. The van der Waals surface area contributed by atoms with Crippen LogP contribution < -0.4 is 5.11 Å². The average Bonchev–Trinajstić information content (AvgIpc) is 3.21. The van der Waals surface area contributed by atoms with Crippen molar-refractivity contribution in [1.82, 2.24) is 0 Å². The highest BCUT2D eigenvalue weighted by Gasteiger charge is 2.25. The van der Waals surface area contributed by atoms with Crippen molar-refractivity contribution in [3.63, 3.8) is 0 Å². The van der Waals surface area contributed by atoms with E-state index < -0.39 is 18.1 Å². The summed E-state index contributed by atoms with van der Waals surface area (Å²) in [6, 6.07) is -0.723. The normalized spacial score (nSPS) is 13.2. The fourth-order valence-electron chi connectivity index (χ4n) is 7.44. The number of hydrogen-bond acceptors (Lipinski definition) is 7. The molecule has 0 aliphatic rings. The second kappa shape index (κ2) is 43.2. The Balaban J connectivity index is 4.16. The summed E-state index contributed by atoms with van der Waals surface area (Å²) in [5, 5.41) is 11.6. The van der Waals surface area contributed by atoms with Gasteiger partial charge in [0, 0.05) is 19.3 Å². The molecule has 0 saturated carbocycles. The van der Waals surface area contributed by atoms with E-state index in [9.17, 15) is 19.5 Å². The molecule has 0 aliphatic carbocycles. The van der Waals surface area contributed by atoms with Crippen LogP contribution in [0.1, 0.15) is 226 Å². The number of rotatable bonds is 45. The number of ether oxygens (including phenoxy) is 3. The Labute approximate surface area is 370 Å². The number of hydrogen-bond donors (Lipinski definition) is 0. The van der Waals surface area contributed by atoms with Crippen LogP contribution in [0, 0.1) is 0 Å². The van der Waals surface area contributed by atoms with E-state index in [1.54, 1.807) is 21.1 Å². The van der Waals surface area contributed by atoms with E-state index >= 15 is 0 Å². The molecule has 0 saturated heterocycles. The highest BCUT2D eigenvalue weighted by Crippen LogP contribution is 2.16. The number of quaternary nitrogens is 1. The van der Waals surface area contributed by atoms with Crippen LogP contribution in [0.5, 0.6) is 0 Å². The van der Waals surface area contributed by atoms with Gasteiger partial charge in [-0.2, -0.15) is 0 Å². The monoisotopic (exact) mass is 846 g/mol. The van der Waals surface area contributed by atoms with Gasteiger partial charge in [-0.3, -0.25) is 9.59 Å². The molecule has 0 N–H and O–H groups in total. The third-order valence-electron chi connectivity index (χ3n) is 11.3. The number of aliphatic carboxylic acids is 1. The van der Waals surface area contributed by atoms with Crippen molar-refractivity contribution in [2.24, 2.45) is 0 Å². The van der Waals surface area contributed by atoms with E-state index in [1.807, 2.05) is 0 Å². The summed E-state index contributed by atoms with van der Waals surface area (Å²) < 4.78 is 17.2. The zero-order valence-corrected chi connectivity index (χ0v) is 39.9. The first kappa shape index (κ1) is 57.5. The van der Waals surface area contributed by atoms with Crippen molar-refractivity contribution in [2.45, 2.75) is 238 Å². The molecule has 0 radical (unpaired) electrons. The lowest BCUT2D eigenvalue weighted by atomic mass is 10.0. The molecule has 350 valence electrons. The van der Waals surface area contributed by atoms with Gasteiger partial charge in [-0.15, -0.1) is 0 Å². The van der Waals surface area contributed by atoms with Gasteiger partial charge in [0.05, 0.1) is 40.3 Å². The second-order valence-electron chi connectivity index (χ2n) is 18.0. The molecule has 0 bridgehead atoms. The van der Waals surface area contributed by atoms with Crippen molar-refractivity contribution in [2.75, 3.05) is 41.0 Å². The van der Waals surface area contributed by atoms with E-state index in [0.29, 0.717) is 12.8 Å². The highest BCUT2D eigenvalue weighted by molar-refractivity contribution is 5.70. The number of carbonyl (C=O) groups is 3. The molecule has 0 aliphatic heterocycles. The largest absolute Gasteiger partial charge is 0.544 e. The Morgan fingerprint density at radius 1 is 0.517 bits per heavy atom. The lowest BCUT2D eigenvalue weighted by molar-refractivity contribution is -0.889. The van der Waals surface area contributed by atoms with Crippen molar-refractivity contribution in [3.8, 4) is 0 Å². The maximum absolute atomic E-state index is 12.7. The number of allylic oxidation sites excluding steroid dienone is 6. The smallest absolute Gasteiger partial charge is 0.306 e. The Morgan fingerprint density at radius 3 is 1.38 bits per heavy atom. The number of carboxylic acids is 1. The number of likely N-dealkylation sites (N-methyl/N-ethyl adjacent to an activating group) is 1. The molecule has 8 heteroatoms. The molecule has 0 aromatic rings. The first-order chi connectivity index (χ1) is 29.1. The van der Waals surface area contributed by atoms with Gasteiger partial charge in [-0.05, 0) is 44.9 Å². The van der Waals surface area contributed by atoms with E-state index in [1.165, 1.54) is 135 Å². The molecule has 0 heterocycles. The zero-order valence-electron chi connectivity index (χ0n) is 39.9. The van der Waals surface area contributed by atoms with Crippen molar-refractivity contribution in [3.05, 3.63) is 36.5 Å². The van der Waals surface area contributed by atoms with E-state index in [0.717, 1.165) is 57.8 Å². The van der Waals surface area contributed by atoms with Gasteiger partial charge >= 0.3 is 11.9 Å². The fraction of sp³-hybridized carbons (Fsp3) is 0.827. The van der Waals surface area contributed by atoms with Gasteiger partial charge in [0.1, 0.15) is 12.6 Å². The summed E-state index contributed by atoms with van der Waals surface area (Å²) >= 11 is 0. The lowest BCUT2D eigenvalue weighted by Gasteiger charge is -2.34. The van der Waals surface area contributed by atoms with Gasteiger partial charge in [-0.1, -0.05) is 198 Å². The highest BCUT2D eigenvalue weighted by atomic mass is 16.6. The van der Waals surface area contributed by atoms with E-state index in [4.69, 9.17) is 14.2 Å². The minimum absolute atomic E-state index is 0.0444. The number of unbranched alkanes of at least 4 members (excludes halogenated alkanes) is 25. The van der Waals surface area contributed by atoms with Gasteiger partial charge < -0.3 is 28.6 Å². The van der Waals surface area contributed by atoms with Crippen LogP contribution >= 0.6 is 0 Å². The zero-order chi connectivity index (χ0) is 44.2. The van der Waals surface area contributed by atoms with Crippen LogP contribution in [-0.4, -0.2) is 75.5 Å². The van der Waals surface area contributed by atoms with Crippen LogP contribution in [0.2, 0.25) is 0 Å². The molecular weight excluding hydrogens is 751 g/mol. The molecule has 2 atom stereocenters. The van der Waals surface area contributed by atoms with Crippen LogP contribution in [0.15, 0.2) is 36.5 Å². The molecule has 0 aromatic heterocycles. The Hall–Kier alpha value is -2.45. The lowest BCUT2D eigenvalue weighted by Crippen LogP contribution is -2.55. The predicted molar refractivity (Wildman–Crippen MR) is 250 cm³/mol. The quantitative estimate of drug-likeness (QED) is 0.0260. The first-order valence-corrected chi connectivity index (χ1v) is 25.0. The van der Waals surface area contributed by atoms with E-state index in [2.05, 4.69) is 50.3 Å². The molecule has 2 unspecified atom stereocenters. The summed E-state index contributed by atoms with van der Waals surface area (Å²) in [7, 11) is 5.42. The number of nitrogens with zero attached hydrogens (tertiary/aromatic N) is 1. The van der Waals surface area contributed by atoms with Gasteiger partial charge in [-0.25, -0.2) is 0 Å². The summed E-state index contributed by atoms with van der Waals surface area (Å²) in [5.74, 6) is -1.72. The Kier molecular flexibility index (Phi) is 41.4. The summed E-state index contributed by atoms with van der Waals surface area (Å²) in [4.78, 5) is 37.0. The van der Waals surface area contributed by atoms with E-state index in [-0.39, 0.29) is 42.7 Å². The van der Waals surface area contributed by atoms with Gasteiger partial charge in [0.2, 0.25) is 0 Å². The van der Waals surface area contributed by atoms with Crippen LogP contribution in [0.3, 0.4) is 0 Å². The topological polar surface area (TPSA) is 102 Å². The van der Waals surface area contributed by atoms with Crippen molar-refractivity contribution >= 4 is 17.9 Å². The Bertz CT molecular complexity index is 1080. The molecule has 0 fully saturated rings. The standard InChI is InChI=1S/C52H95NO7/c1-6-8-10-12-14-16-18-20-21-22-23-24-25-26-27-28-29-31-32-34-36-38-40-42-50(54)59-47-48(46-58-45-44-49(52(56)57)53(3,4)5)60-51(55)43-41-39-37-35-33-30-19-17-15-13-11-9-7-2/h8,10,14,16,20-21,48-49H,6-7,9,11-13,15,17-19,22-47H2,1-5H3/b10-8+,16-14+,21-20+. The fourth-order valence-corrected chi connectivity index (χ4v) is 7.44. The summed E-state index contributed by atoms with van der Waals surface area (Å²) in [5.41, 5.74) is 0. The first-order valence-electron chi connectivity index (χ1n) is 25.0. The molecule has 0 amide bonds. The van der Waals surface area contributed by atoms with Gasteiger partial charge in [0.15, 0.2) is 6.10 Å². The van der Waals surface area contributed by atoms with Crippen molar-refractivity contribution in [1.29, 1.82) is 0 Å². The third-order valence-corrected chi connectivity index (χ3v) is 11.3. The van der Waals surface area contributed by atoms with Crippen LogP contribution in [0.25, 0.3) is 0 Å². The maximum atomic E-state index is 12.7. The van der Waals surface area contributed by atoms with Crippen molar-refractivity contribution < 1.29 is 38.2 Å². The molecular formula is C52H95NO7. The number of esters is 2. The molecule has 0 aromatic carbocycles. The Morgan fingerprint density at radius 2 is 0.933 bits per heavy atom. The molecule has 8 nitrogen and oxygen atoms in total. The third kappa shape index (κ3) is 40.9. The minimum Gasteiger partial charge on any atom is -0.544 e. The number of carbonyl (C=O) groups excluding carboxylic acids is 3. The van der Waals surface area contributed by atoms with Crippen LogP contribution in [-0.2, 0) is 28.6 Å². The van der Waals surface area contributed by atoms with Gasteiger partial charge in [0.25, 0.3) is 0 Å². The molecule has 60 heavy (non-hydrogen) atoms. The maximum Gasteiger partial charge on any atom is 0.306 e. The average molecular weight is 846 g/mol.